The summed E-state index contributed by atoms with van der Waals surface area (Å²) in [6.45, 7) is 4.11. The first-order valence-electron chi connectivity index (χ1n) is 7.13. The van der Waals surface area contributed by atoms with E-state index in [-0.39, 0.29) is 5.91 Å². The van der Waals surface area contributed by atoms with Gasteiger partial charge in [0.05, 0.1) is 5.56 Å². The highest BCUT2D eigenvalue weighted by Crippen LogP contribution is 2.25. The van der Waals surface area contributed by atoms with Gasteiger partial charge in [0.15, 0.2) is 0 Å². The Hall–Kier alpha value is -0.140. The van der Waals surface area contributed by atoms with Crippen molar-refractivity contribution in [2.75, 3.05) is 26.2 Å². The fourth-order valence-corrected chi connectivity index (χ4v) is 4.13. The van der Waals surface area contributed by atoms with Crippen molar-refractivity contribution in [2.24, 2.45) is 0 Å². The average Bonchev–Trinajstić information content (AvgIpc) is 2.78. The summed E-state index contributed by atoms with van der Waals surface area (Å²) in [7, 11) is 0. The summed E-state index contributed by atoms with van der Waals surface area (Å²) in [5.41, 5.74) is 0.795. The van der Waals surface area contributed by atoms with E-state index in [2.05, 4.69) is 43.4 Å². The molecule has 1 atom stereocenters. The number of carbonyl (C=O) groups excluding carboxylic acids is 1. The molecule has 5 heteroatoms. The van der Waals surface area contributed by atoms with Crippen LogP contribution < -0.4 is 0 Å². The summed E-state index contributed by atoms with van der Waals surface area (Å²) < 4.78 is 2.00. The number of rotatable bonds is 1. The van der Waals surface area contributed by atoms with Crippen LogP contribution in [0.3, 0.4) is 0 Å². The van der Waals surface area contributed by atoms with E-state index in [4.69, 9.17) is 0 Å². The van der Waals surface area contributed by atoms with E-state index < -0.39 is 0 Å². The van der Waals surface area contributed by atoms with Gasteiger partial charge in [0, 0.05) is 33.7 Å². The van der Waals surface area contributed by atoms with Crippen molar-refractivity contribution >= 4 is 44.4 Å². The molecule has 0 N–H and O–H groups in total. The van der Waals surface area contributed by atoms with E-state index >= 15 is 0 Å². The van der Waals surface area contributed by atoms with Crippen LogP contribution in [-0.2, 0) is 0 Å². The average molecular weight is 449 g/mol. The molecule has 1 amide bonds. The summed E-state index contributed by atoms with van der Waals surface area (Å²) in [5, 5.41) is 0. The molecule has 20 heavy (non-hydrogen) atoms. The van der Waals surface area contributed by atoms with Crippen LogP contribution in [0.15, 0.2) is 22.7 Å². The lowest BCUT2D eigenvalue weighted by Crippen LogP contribution is -2.39. The summed E-state index contributed by atoms with van der Waals surface area (Å²) in [5.74, 6) is 0.171. The minimum absolute atomic E-state index is 0.171. The second kappa shape index (κ2) is 6.32. The zero-order chi connectivity index (χ0) is 14.1. The molecule has 2 saturated heterocycles. The van der Waals surface area contributed by atoms with Gasteiger partial charge in [-0.25, -0.2) is 0 Å². The highest BCUT2D eigenvalue weighted by Gasteiger charge is 2.31. The number of fused-ring (bicyclic) bond motifs is 1. The molecule has 1 aromatic carbocycles. The van der Waals surface area contributed by atoms with Crippen LogP contribution in [0, 0.1) is 3.57 Å². The standard InChI is InChI=1S/C15H18BrIN2O/c16-14-5-4-11(17)9-13(14)15(20)19-8-2-7-18-6-1-3-12(18)10-19/h4-5,9,12H,1-3,6-8,10H2. The topological polar surface area (TPSA) is 23.6 Å². The highest BCUT2D eigenvalue weighted by molar-refractivity contribution is 14.1. The number of amides is 1. The third-order valence-corrected chi connectivity index (χ3v) is 5.61. The van der Waals surface area contributed by atoms with Crippen LogP contribution in [0.5, 0.6) is 0 Å². The minimum Gasteiger partial charge on any atom is -0.337 e. The maximum absolute atomic E-state index is 12.8. The fourth-order valence-electron chi connectivity index (χ4n) is 3.22. The first-order chi connectivity index (χ1) is 9.65. The zero-order valence-electron chi connectivity index (χ0n) is 11.3. The second-order valence-electron chi connectivity index (χ2n) is 5.56. The van der Waals surface area contributed by atoms with Crippen molar-refractivity contribution in [1.82, 2.24) is 9.80 Å². The molecule has 108 valence electrons. The lowest BCUT2D eigenvalue weighted by atomic mass is 10.1. The van der Waals surface area contributed by atoms with Gasteiger partial charge in [0.25, 0.3) is 5.91 Å². The Labute approximate surface area is 142 Å². The highest BCUT2D eigenvalue weighted by atomic mass is 127. The Morgan fingerprint density at radius 1 is 1.25 bits per heavy atom. The summed E-state index contributed by atoms with van der Waals surface area (Å²) in [4.78, 5) is 17.4. The predicted octanol–water partition coefficient (Wildman–Crippen LogP) is 3.36. The van der Waals surface area contributed by atoms with Crippen LogP contribution in [-0.4, -0.2) is 47.9 Å². The van der Waals surface area contributed by atoms with Crippen molar-refractivity contribution in [3.8, 4) is 0 Å². The van der Waals surface area contributed by atoms with Crippen LogP contribution in [0.25, 0.3) is 0 Å². The molecule has 1 aromatic rings. The lowest BCUT2D eigenvalue weighted by Gasteiger charge is -2.26. The number of benzene rings is 1. The van der Waals surface area contributed by atoms with Crippen LogP contribution >= 0.6 is 38.5 Å². The summed E-state index contributed by atoms with van der Waals surface area (Å²) >= 11 is 5.77. The molecular weight excluding hydrogens is 431 g/mol. The maximum Gasteiger partial charge on any atom is 0.255 e. The van der Waals surface area contributed by atoms with Gasteiger partial charge in [-0.2, -0.15) is 0 Å². The quantitative estimate of drug-likeness (QED) is 0.615. The number of halogens is 2. The molecule has 1 unspecified atom stereocenters. The van der Waals surface area contributed by atoms with E-state index in [1.165, 1.54) is 19.4 Å². The minimum atomic E-state index is 0.171. The van der Waals surface area contributed by atoms with E-state index in [9.17, 15) is 4.79 Å². The van der Waals surface area contributed by atoms with E-state index in [0.29, 0.717) is 6.04 Å². The molecule has 2 aliphatic rings. The molecule has 3 nitrogen and oxygen atoms in total. The molecule has 0 radical (unpaired) electrons. The summed E-state index contributed by atoms with van der Waals surface area (Å²) in [6.07, 6.45) is 3.60. The molecule has 0 spiro atoms. The van der Waals surface area contributed by atoms with Crippen LogP contribution in [0.2, 0.25) is 0 Å². The number of hydrogen-bond donors (Lipinski definition) is 0. The fraction of sp³-hybridized carbons (Fsp3) is 0.533. The third kappa shape index (κ3) is 3.04. The molecule has 0 aromatic heterocycles. The predicted molar refractivity (Wildman–Crippen MR) is 92.0 cm³/mol. The molecular formula is C15H18BrIN2O. The first kappa shape index (κ1) is 14.8. The van der Waals surface area contributed by atoms with Crippen molar-refractivity contribution in [3.63, 3.8) is 0 Å². The summed E-state index contributed by atoms with van der Waals surface area (Å²) in [6, 6.07) is 6.53. The lowest BCUT2D eigenvalue weighted by molar-refractivity contribution is 0.0742. The van der Waals surface area contributed by atoms with E-state index in [0.717, 1.165) is 39.7 Å². The Kier molecular flexibility index (Phi) is 4.67. The SMILES string of the molecule is O=C(c1cc(I)ccc1Br)N1CCCN2CCCC2C1. The van der Waals surface area contributed by atoms with Gasteiger partial charge in [0.1, 0.15) is 0 Å². The van der Waals surface area contributed by atoms with Gasteiger partial charge in [-0.1, -0.05) is 0 Å². The van der Waals surface area contributed by atoms with Gasteiger partial charge >= 0.3 is 0 Å². The Morgan fingerprint density at radius 3 is 2.90 bits per heavy atom. The molecule has 0 bridgehead atoms. The van der Waals surface area contributed by atoms with Gasteiger partial charge in [0.2, 0.25) is 0 Å². The van der Waals surface area contributed by atoms with Gasteiger partial charge in [-0.15, -0.1) is 0 Å². The molecule has 2 heterocycles. The smallest absolute Gasteiger partial charge is 0.255 e. The number of carbonyl (C=O) groups is 1. The van der Waals surface area contributed by atoms with Gasteiger partial charge < -0.3 is 4.90 Å². The number of hydrogen-bond acceptors (Lipinski definition) is 2. The Morgan fingerprint density at radius 2 is 2.05 bits per heavy atom. The van der Waals surface area contributed by atoms with E-state index in [1.807, 2.05) is 23.1 Å². The third-order valence-electron chi connectivity index (χ3n) is 4.25. The first-order valence-corrected chi connectivity index (χ1v) is 9.01. The number of nitrogens with zero attached hydrogens (tertiary/aromatic N) is 2. The second-order valence-corrected chi connectivity index (χ2v) is 7.66. The maximum atomic E-state index is 12.8. The van der Waals surface area contributed by atoms with Crippen LogP contribution in [0.4, 0.5) is 0 Å². The monoisotopic (exact) mass is 448 g/mol. The van der Waals surface area contributed by atoms with Crippen molar-refractivity contribution in [1.29, 1.82) is 0 Å². The van der Waals surface area contributed by atoms with Crippen molar-refractivity contribution in [2.45, 2.75) is 25.3 Å². The largest absolute Gasteiger partial charge is 0.337 e. The molecule has 2 aliphatic heterocycles. The zero-order valence-corrected chi connectivity index (χ0v) is 15.1. The molecule has 3 rings (SSSR count). The van der Waals surface area contributed by atoms with E-state index in [1.54, 1.807) is 0 Å². The van der Waals surface area contributed by atoms with Gasteiger partial charge in [-0.05, 0) is 82.5 Å². The normalized spacial score (nSPS) is 23.5. The van der Waals surface area contributed by atoms with Crippen molar-refractivity contribution in [3.05, 3.63) is 31.8 Å². The van der Waals surface area contributed by atoms with Crippen molar-refractivity contribution < 1.29 is 4.79 Å². The molecule has 0 saturated carbocycles. The molecule has 0 aliphatic carbocycles. The van der Waals surface area contributed by atoms with Gasteiger partial charge in [-0.3, -0.25) is 9.69 Å². The Balaban J connectivity index is 1.80. The molecule has 2 fully saturated rings. The van der Waals surface area contributed by atoms with Crippen LogP contribution in [0.1, 0.15) is 29.6 Å². The Bertz CT molecular complexity index is 523.